The molecule has 22 heavy (non-hydrogen) atoms. The molecule has 0 aliphatic heterocycles. The average Bonchev–Trinajstić information content (AvgIpc) is 2.47. The molecule has 0 radical (unpaired) electrons. The second-order valence-corrected chi connectivity index (χ2v) is 4.13. The summed E-state index contributed by atoms with van der Waals surface area (Å²) in [6.45, 7) is 3.29. The van der Waals surface area contributed by atoms with Gasteiger partial charge in [-0.2, -0.15) is 0 Å². The summed E-state index contributed by atoms with van der Waals surface area (Å²) < 4.78 is 49.7. The first kappa shape index (κ1) is 17.6. The zero-order valence-electron chi connectivity index (χ0n) is 11.3. The molecule has 0 aliphatic rings. The first-order chi connectivity index (χ1) is 10.4. The molecule has 0 heterocycles. The molecule has 2 nitrogen and oxygen atoms in total. The zero-order valence-corrected chi connectivity index (χ0v) is 11.3. The van der Waals surface area contributed by atoms with Gasteiger partial charge < -0.3 is 5.11 Å². The van der Waals surface area contributed by atoms with E-state index in [-0.39, 0.29) is 11.1 Å². The van der Waals surface area contributed by atoms with Gasteiger partial charge in [0.15, 0.2) is 6.29 Å². The summed E-state index contributed by atoms with van der Waals surface area (Å²) in [5.74, 6) is -2.92. The Morgan fingerprint density at radius 2 is 1.50 bits per heavy atom. The molecule has 2 aromatic rings. The smallest absolute Gasteiger partial charge is 0.152 e. The summed E-state index contributed by atoms with van der Waals surface area (Å²) in [6.07, 6.45) is 0.441. The van der Waals surface area contributed by atoms with Crippen LogP contribution >= 0.6 is 0 Å². The summed E-state index contributed by atoms with van der Waals surface area (Å²) >= 11 is 0. The number of hydrogen-bond acceptors (Lipinski definition) is 2. The molecule has 0 aromatic heterocycles. The van der Waals surface area contributed by atoms with Gasteiger partial charge >= 0.3 is 0 Å². The lowest BCUT2D eigenvalue weighted by Gasteiger charge is -2.05. The predicted octanol–water partition coefficient (Wildman–Crippen LogP) is 3.96. The Kier molecular flexibility index (Phi) is 6.47. The minimum Gasteiger partial charge on any atom is -0.384 e. The van der Waals surface area contributed by atoms with Crippen molar-refractivity contribution in [3.05, 3.63) is 83.4 Å². The Bertz CT molecular complexity index is 671. The lowest BCUT2D eigenvalue weighted by atomic mass is 10.1. The van der Waals surface area contributed by atoms with Crippen molar-refractivity contribution >= 4 is 6.29 Å². The van der Waals surface area contributed by atoms with Crippen molar-refractivity contribution in [2.24, 2.45) is 0 Å². The van der Waals surface area contributed by atoms with Crippen LogP contribution in [0.4, 0.5) is 17.6 Å². The molecule has 0 aliphatic carbocycles. The molecule has 2 rings (SSSR count). The SMILES string of the molecule is C=CC(O)c1ccc(F)cc1F.O=Cc1ccc(F)cc1F. The van der Waals surface area contributed by atoms with E-state index in [9.17, 15) is 22.4 Å². The van der Waals surface area contributed by atoms with Crippen LogP contribution in [-0.4, -0.2) is 11.4 Å². The highest BCUT2D eigenvalue weighted by atomic mass is 19.1. The van der Waals surface area contributed by atoms with Gasteiger partial charge in [0, 0.05) is 17.7 Å². The van der Waals surface area contributed by atoms with Crippen molar-refractivity contribution in [1.82, 2.24) is 0 Å². The van der Waals surface area contributed by atoms with E-state index in [2.05, 4.69) is 6.58 Å². The molecule has 0 bridgehead atoms. The summed E-state index contributed by atoms with van der Waals surface area (Å²) in [5, 5.41) is 9.12. The van der Waals surface area contributed by atoms with E-state index in [1.165, 1.54) is 12.1 Å². The highest BCUT2D eigenvalue weighted by Crippen LogP contribution is 2.18. The molecule has 0 saturated heterocycles. The van der Waals surface area contributed by atoms with Gasteiger partial charge in [0.1, 0.15) is 23.3 Å². The lowest BCUT2D eigenvalue weighted by Crippen LogP contribution is -1.97. The Labute approximate surface area is 124 Å². The fraction of sp³-hybridized carbons (Fsp3) is 0.0625. The third kappa shape index (κ3) is 4.82. The van der Waals surface area contributed by atoms with Crippen molar-refractivity contribution < 1.29 is 27.5 Å². The fourth-order valence-electron chi connectivity index (χ4n) is 1.47. The summed E-state index contributed by atoms with van der Waals surface area (Å²) in [4.78, 5) is 9.98. The maximum atomic E-state index is 12.8. The molecule has 116 valence electrons. The van der Waals surface area contributed by atoms with Crippen molar-refractivity contribution in [2.45, 2.75) is 6.10 Å². The van der Waals surface area contributed by atoms with E-state index in [1.54, 1.807) is 0 Å². The van der Waals surface area contributed by atoms with Crippen molar-refractivity contribution in [2.75, 3.05) is 0 Å². The summed E-state index contributed by atoms with van der Waals surface area (Å²) in [7, 11) is 0. The minimum absolute atomic E-state index is 0.0337. The number of rotatable bonds is 3. The molecule has 6 heteroatoms. The van der Waals surface area contributed by atoms with E-state index in [1.807, 2.05) is 0 Å². The molecule has 1 N–H and O–H groups in total. The quantitative estimate of drug-likeness (QED) is 0.529. The Balaban J connectivity index is 0.000000224. The van der Waals surface area contributed by atoms with Crippen LogP contribution in [0.3, 0.4) is 0 Å². The highest BCUT2D eigenvalue weighted by Gasteiger charge is 2.09. The number of carbonyl (C=O) groups is 1. The van der Waals surface area contributed by atoms with Crippen molar-refractivity contribution in [1.29, 1.82) is 0 Å². The van der Waals surface area contributed by atoms with Crippen LogP contribution in [0.2, 0.25) is 0 Å². The number of hydrogen-bond donors (Lipinski definition) is 1. The molecule has 1 atom stereocenters. The van der Waals surface area contributed by atoms with Crippen LogP contribution in [0.25, 0.3) is 0 Å². The molecular formula is C16H12F4O2. The van der Waals surface area contributed by atoms with Crippen LogP contribution in [0.15, 0.2) is 49.1 Å². The van der Waals surface area contributed by atoms with Gasteiger partial charge in [0.2, 0.25) is 0 Å². The number of halogens is 4. The van der Waals surface area contributed by atoms with Gasteiger partial charge in [0.05, 0.1) is 11.7 Å². The largest absolute Gasteiger partial charge is 0.384 e. The third-order valence-corrected chi connectivity index (χ3v) is 2.59. The summed E-state index contributed by atoms with van der Waals surface area (Å²) in [5.41, 5.74) is -0.0900. The summed E-state index contributed by atoms with van der Waals surface area (Å²) in [6, 6.07) is 5.80. The van der Waals surface area contributed by atoms with Crippen molar-refractivity contribution in [3.8, 4) is 0 Å². The Morgan fingerprint density at radius 3 is 1.95 bits per heavy atom. The van der Waals surface area contributed by atoms with Gasteiger partial charge in [-0.25, -0.2) is 17.6 Å². The maximum absolute atomic E-state index is 12.8. The van der Waals surface area contributed by atoms with Crippen LogP contribution in [0.5, 0.6) is 0 Å². The first-order valence-electron chi connectivity index (χ1n) is 6.04. The van der Waals surface area contributed by atoms with E-state index < -0.39 is 29.4 Å². The van der Waals surface area contributed by atoms with Gasteiger partial charge in [0.25, 0.3) is 0 Å². The topological polar surface area (TPSA) is 37.3 Å². The molecule has 0 spiro atoms. The van der Waals surface area contributed by atoms with Crippen LogP contribution in [0, 0.1) is 23.3 Å². The minimum atomic E-state index is -1.08. The van der Waals surface area contributed by atoms with Crippen LogP contribution in [0.1, 0.15) is 22.0 Å². The number of aliphatic hydroxyl groups excluding tert-OH is 1. The molecule has 0 amide bonds. The van der Waals surface area contributed by atoms with Crippen LogP contribution in [-0.2, 0) is 0 Å². The van der Waals surface area contributed by atoms with Gasteiger partial charge in [-0.05, 0) is 18.2 Å². The Hall–Kier alpha value is -2.47. The number of carbonyl (C=O) groups excluding carboxylic acids is 1. The van der Waals surface area contributed by atoms with Crippen molar-refractivity contribution in [3.63, 3.8) is 0 Å². The van der Waals surface area contributed by atoms with Gasteiger partial charge in [-0.15, -0.1) is 6.58 Å². The van der Waals surface area contributed by atoms with E-state index in [0.717, 1.165) is 24.3 Å². The highest BCUT2D eigenvalue weighted by molar-refractivity contribution is 5.74. The standard InChI is InChI=1S/C9H8F2O.C7H4F2O/c1-2-9(12)7-4-3-6(10)5-8(7)11;8-6-2-1-5(4-10)7(9)3-6/h2-5,9,12H,1H2;1-4H. The second kappa shape index (κ2) is 8.09. The molecule has 0 saturated carbocycles. The van der Waals surface area contributed by atoms with E-state index in [0.29, 0.717) is 12.4 Å². The van der Waals surface area contributed by atoms with Gasteiger partial charge in [-0.1, -0.05) is 12.1 Å². The molecule has 2 aromatic carbocycles. The number of aldehydes is 1. The monoisotopic (exact) mass is 312 g/mol. The van der Waals surface area contributed by atoms with E-state index in [4.69, 9.17) is 5.11 Å². The molecular weight excluding hydrogens is 300 g/mol. The number of aliphatic hydroxyl groups is 1. The first-order valence-corrected chi connectivity index (χ1v) is 6.04. The normalized spacial score (nSPS) is 11.1. The maximum Gasteiger partial charge on any atom is 0.152 e. The fourth-order valence-corrected chi connectivity index (χ4v) is 1.47. The predicted molar refractivity (Wildman–Crippen MR) is 73.3 cm³/mol. The zero-order chi connectivity index (χ0) is 16.7. The molecule has 1 unspecified atom stereocenters. The van der Waals surface area contributed by atoms with Gasteiger partial charge in [-0.3, -0.25) is 4.79 Å². The number of benzene rings is 2. The lowest BCUT2D eigenvalue weighted by molar-refractivity contribution is 0.111. The van der Waals surface area contributed by atoms with Crippen LogP contribution < -0.4 is 0 Å². The van der Waals surface area contributed by atoms with E-state index >= 15 is 0 Å². The average molecular weight is 312 g/mol. The molecule has 0 fully saturated rings. The second-order valence-electron chi connectivity index (χ2n) is 4.13. The Morgan fingerprint density at radius 1 is 0.955 bits per heavy atom. The third-order valence-electron chi connectivity index (χ3n) is 2.59.